The highest BCUT2D eigenvalue weighted by atomic mass is 35.5. The molecule has 9 heteroatoms. The van der Waals surface area contributed by atoms with Crippen LogP contribution in [0.1, 0.15) is 11.6 Å². The molecular formula is C23H16ClN3O5. The number of benzene rings is 3. The van der Waals surface area contributed by atoms with E-state index in [4.69, 9.17) is 16.4 Å². The first kappa shape index (κ1) is 20.2. The van der Waals surface area contributed by atoms with Gasteiger partial charge >= 0.3 is 0 Å². The Hall–Kier alpha value is -3.75. The standard InChI is InChI=1S/C23H16ClN3O5/c24-15-9-11-16(12-10-15)25-22(28)19-20(14-5-4-8-18(13-14)27(30)31)26(32-21(19)23(25)29)17-6-2-1-3-7-17/h1-13,19-21H/t19-,20+,21+/m0/s1. The van der Waals surface area contributed by atoms with Crippen molar-refractivity contribution in [1.82, 2.24) is 0 Å². The van der Waals surface area contributed by atoms with E-state index >= 15 is 0 Å². The van der Waals surface area contributed by atoms with Gasteiger partial charge in [0, 0.05) is 17.2 Å². The van der Waals surface area contributed by atoms with Crippen LogP contribution in [0.2, 0.25) is 5.02 Å². The van der Waals surface area contributed by atoms with Gasteiger partial charge in [0.15, 0.2) is 6.10 Å². The topological polar surface area (TPSA) is 93.0 Å². The number of non-ortho nitro benzene ring substituents is 1. The fourth-order valence-corrected chi connectivity index (χ4v) is 4.35. The fraction of sp³-hybridized carbons (Fsp3) is 0.130. The van der Waals surface area contributed by atoms with Crippen LogP contribution in [0.25, 0.3) is 0 Å². The molecule has 0 spiro atoms. The summed E-state index contributed by atoms with van der Waals surface area (Å²) in [5.74, 6) is -1.80. The number of carbonyl (C=O) groups excluding carboxylic acids is 2. The average Bonchev–Trinajstić information content (AvgIpc) is 3.31. The molecule has 32 heavy (non-hydrogen) atoms. The van der Waals surface area contributed by atoms with E-state index in [1.165, 1.54) is 17.2 Å². The Morgan fingerprint density at radius 3 is 2.28 bits per heavy atom. The lowest BCUT2D eigenvalue weighted by molar-refractivity contribution is -0.384. The predicted molar refractivity (Wildman–Crippen MR) is 117 cm³/mol. The monoisotopic (exact) mass is 449 g/mol. The van der Waals surface area contributed by atoms with Gasteiger partial charge in [-0.2, -0.15) is 0 Å². The number of amides is 2. The number of hydrogen-bond donors (Lipinski definition) is 0. The molecule has 2 aliphatic heterocycles. The van der Waals surface area contributed by atoms with E-state index in [1.807, 2.05) is 6.07 Å². The molecule has 3 aromatic carbocycles. The number of para-hydroxylation sites is 1. The largest absolute Gasteiger partial charge is 0.273 e. The third kappa shape index (κ3) is 3.21. The third-order valence-electron chi connectivity index (χ3n) is 5.63. The third-order valence-corrected chi connectivity index (χ3v) is 5.89. The first-order chi connectivity index (χ1) is 15.5. The number of hydroxylamine groups is 1. The molecule has 0 radical (unpaired) electrons. The molecule has 0 bridgehead atoms. The lowest BCUT2D eigenvalue weighted by Gasteiger charge is -2.28. The van der Waals surface area contributed by atoms with Crippen LogP contribution in [0.15, 0.2) is 78.9 Å². The van der Waals surface area contributed by atoms with Crippen LogP contribution in [0.4, 0.5) is 17.1 Å². The molecule has 3 atom stereocenters. The van der Waals surface area contributed by atoms with Crippen molar-refractivity contribution in [2.24, 2.45) is 5.92 Å². The second kappa shape index (κ2) is 7.74. The summed E-state index contributed by atoms with van der Waals surface area (Å²) in [6.45, 7) is 0. The first-order valence-corrected chi connectivity index (χ1v) is 10.2. The molecule has 0 unspecified atom stereocenters. The number of anilines is 2. The van der Waals surface area contributed by atoms with Crippen molar-refractivity contribution in [2.75, 3.05) is 9.96 Å². The minimum atomic E-state index is -1.05. The number of nitrogens with zero attached hydrogens (tertiary/aromatic N) is 3. The van der Waals surface area contributed by atoms with E-state index in [0.717, 1.165) is 4.90 Å². The van der Waals surface area contributed by atoms with Crippen molar-refractivity contribution in [3.05, 3.63) is 99.6 Å². The van der Waals surface area contributed by atoms with Crippen LogP contribution >= 0.6 is 11.6 Å². The van der Waals surface area contributed by atoms with Gasteiger partial charge in [0.25, 0.3) is 11.6 Å². The lowest BCUT2D eigenvalue weighted by Crippen LogP contribution is -2.37. The summed E-state index contributed by atoms with van der Waals surface area (Å²) in [7, 11) is 0. The van der Waals surface area contributed by atoms with Gasteiger partial charge in [-0.3, -0.25) is 24.5 Å². The van der Waals surface area contributed by atoms with Gasteiger partial charge in [-0.25, -0.2) is 9.96 Å². The van der Waals surface area contributed by atoms with Crippen molar-refractivity contribution in [2.45, 2.75) is 12.1 Å². The van der Waals surface area contributed by atoms with Gasteiger partial charge in [-0.05, 0) is 42.0 Å². The molecule has 5 rings (SSSR count). The van der Waals surface area contributed by atoms with E-state index < -0.39 is 34.8 Å². The average molecular weight is 450 g/mol. The van der Waals surface area contributed by atoms with E-state index in [2.05, 4.69) is 0 Å². The maximum atomic E-state index is 13.5. The van der Waals surface area contributed by atoms with E-state index in [1.54, 1.807) is 60.7 Å². The summed E-state index contributed by atoms with van der Waals surface area (Å²) >= 11 is 5.94. The molecule has 8 nitrogen and oxygen atoms in total. The molecule has 2 aliphatic rings. The fourth-order valence-electron chi connectivity index (χ4n) is 4.22. The number of nitro benzene ring substituents is 1. The van der Waals surface area contributed by atoms with Crippen LogP contribution in [0.5, 0.6) is 0 Å². The Morgan fingerprint density at radius 2 is 1.59 bits per heavy atom. The number of rotatable bonds is 4. The predicted octanol–water partition coefficient (Wildman–Crippen LogP) is 4.30. The molecule has 0 aliphatic carbocycles. The summed E-state index contributed by atoms with van der Waals surface area (Å²) in [5, 5.41) is 13.3. The van der Waals surface area contributed by atoms with E-state index in [0.29, 0.717) is 22.0 Å². The zero-order valence-corrected chi connectivity index (χ0v) is 17.3. The van der Waals surface area contributed by atoms with Crippen LogP contribution in [-0.4, -0.2) is 22.8 Å². The molecular weight excluding hydrogens is 434 g/mol. The van der Waals surface area contributed by atoms with Crippen LogP contribution in [0, 0.1) is 16.0 Å². The Morgan fingerprint density at radius 1 is 0.875 bits per heavy atom. The van der Waals surface area contributed by atoms with Gasteiger partial charge in [0.1, 0.15) is 5.92 Å². The van der Waals surface area contributed by atoms with Gasteiger partial charge in [0.2, 0.25) is 5.91 Å². The maximum absolute atomic E-state index is 13.5. The van der Waals surface area contributed by atoms with Gasteiger partial charge in [-0.15, -0.1) is 0 Å². The Bertz CT molecular complexity index is 1220. The van der Waals surface area contributed by atoms with Crippen molar-refractivity contribution in [3.63, 3.8) is 0 Å². The molecule has 0 saturated carbocycles. The smallest absolute Gasteiger partial charge is 0.269 e. The molecule has 2 fully saturated rings. The highest BCUT2D eigenvalue weighted by molar-refractivity contribution is 6.31. The van der Waals surface area contributed by atoms with Crippen molar-refractivity contribution >= 4 is 40.5 Å². The van der Waals surface area contributed by atoms with Crippen molar-refractivity contribution in [3.8, 4) is 0 Å². The van der Waals surface area contributed by atoms with Gasteiger partial charge < -0.3 is 0 Å². The molecule has 2 heterocycles. The SMILES string of the molecule is O=C1[C@H]2[C@@H](c3cccc([N+](=O)[O-])c3)N(c3ccccc3)O[C@H]2C(=O)N1c1ccc(Cl)cc1. The number of fused-ring (bicyclic) bond motifs is 1. The summed E-state index contributed by atoms with van der Waals surface area (Å²) in [5.41, 5.74) is 1.43. The minimum Gasteiger partial charge on any atom is -0.273 e. The second-order valence-corrected chi connectivity index (χ2v) is 7.93. The van der Waals surface area contributed by atoms with Gasteiger partial charge in [-0.1, -0.05) is 41.9 Å². The van der Waals surface area contributed by atoms with E-state index in [-0.39, 0.29) is 5.69 Å². The lowest BCUT2D eigenvalue weighted by atomic mass is 9.90. The number of carbonyl (C=O) groups is 2. The summed E-state index contributed by atoms with van der Waals surface area (Å²) < 4.78 is 0. The molecule has 2 saturated heterocycles. The van der Waals surface area contributed by atoms with Gasteiger partial charge in [0.05, 0.1) is 22.3 Å². The number of hydrogen-bond acceptors (Lipinski definition) is 6. The summed E-state index contributed by atoms with van der Waals surface area (Å²) in [6.07, 6.45) is -1.05. The maximum Gasteiger partial charge on any atom is 0.269 e. The molecule has 2 amide bonds. The molecule has 160 valence electrons. The minimum absolute atomic E-state index is 0.106. The first-order valence-electron chi connectivity index (χ1n) is 9.84. The Balaban J connectivity index is 1.60. The van der Waals surface area contributed by atoms with Crippen LogP contribution in [0.3, 0.4) is 0 Å². The Labute approximate surface area is 187 Å². The van der Waals surface area contributed by atoms with E-state index in [9.17, 15) is 19.7 Å². The zero-order valence-electron chi connectivity index (χ0n) is 16.5. The number of halogens is 1. The van der Waals surface area contributed by atoms with Crippen LogP contribution < -0.4 is 9.96 Å². The van der Waals surface area contributed by atoms with Crippen LogP contribution in [-0.2, 0) is 14.4 Å². The highest BCUT2D eigenvalue weighted by Crippen LogP contribution is 2.48. The molecule has 0 N–H and O–H groups in total. The normalized spacial score (nSPS) is 22.3. The number of nitro groups is 1. The van der Waals surface area contributed by atoms with Crippen molar-refractivity contribution in [1.29, 1.82) is 0 Å². The number of imide groups is 1. The summed E-state index contributed by atoms with van der Waals surface area (Å²) in [4.78, 5) is 44.7. The quantitative estimate of drug-likeness (QED) is 0.335. The Kier molecular flexibility index (Phi) is 4.88. The van der Waals surface area contributed by atoms with Crippen molar-refractivity contribution < 1.29 is 19.3 Å². The second-order valence-electron chi connectivity index (χ2n) is 7.50. The highest BCUT2D eigenvalue weighted by Gasteiger charge is 2.60. The summed E-state index contributed by atoms with van der Waals surface area (Å²) in [6, 6.07) is 20.7. The molecule has 0 aromatic heterocycles. The molecule has 3 aromatic rings. The zero-order chi connectivity index (χ0) is 22.4.